The molecular formula is C16H23BrN2OS. The van der Waals surface area contributed by atoms with E-state index >= 15 is 0 Å². The maximum atomic E-state index is 11.9. The number of carbonyl (C=O) groups excluding carboxylic acids is 1. The van der Waals surface area contributed by atoms with E-state index in [2.05, 4.69) is 45.6 Å². The van der Waals surface area contributed by atoms with Gasteiger partial charge in [-0.25, -0.2) is 0 Å². The fourth-order valence-corrected chi connectivity index (χ4v) is 3.52. The van der Waals surface area contributed by atoms with Crippen LogP contribution in [0.4, 0.5) is 0 Å². The van der Waals surface area contributed by atoms with Crippen molar-refractivity contribution in [2.24, 2.45) is 5.41 Å². The third-order valence-corrected chi connectivity index (χ3v) is 5.48. The van der Waals surface area contributed by atoms with Gasteiger partial charge in [-0.1, -0.05) is 22.9 Å². The zero-order valence-corrected chi connectivity index (χ0v) is 14.9. The van der Waals surface area contributed by atoms with Crippen molar-refractivity contribution in [2.45, 2.75) is 31.1 Å². The molecule has 1 aliphatic rings. The zero-order chi connectivity index (χ0) is 15.1. The Kier molecular flexibility index (Phi) is 6.58. The van der Waals surface area contributed by atoms with Crippen LogP contribution in [0, 0.1) is 5.41 Å². The van der Waals surface area contributed by atoms with Gasteiger partial charge in [-0.05, 0) is 55.6 Å². The van der Waals surface area contributed by atoms with Gasteiger partial charge < -0.3 is 10.6 Å². The number of halogens is 1. The second kappa shape index (κ2) is 8.20. The van der Waals surface area contributed by atoms with E-state index in [1.165, 1.54) is 4.90 Å². The van der Waals surface area contributed by atoms with Crippen molar-refractivity contribution < 1.29 is 4.79 Å². The van der Waals surface area contributed by atoms with Crippen LogP contribution in [0.25, 0.3) is 0 Å². The van der Waals surface area contributed by atoms with Gasteiger partial charge in [0.1, 0.15) is 0 Å². The van der Waals surface area contributed by atoms with Crippen molar-refractivity contribution in [3.8, 4) is 0 Å². The van der Waals surface area contributed by atoms with Gasteiger partial charge in [0.25, 0.3) is 0 Å². The Morgan fingerprint density at radius 1 is 1.33 bits per heavy atom. The fraction of sp³-hybridized carbons (Fsp3) is 0.562. The molecule has 1 aromatic carbocycles. The predicted octanol–water partition coefficient (Wildman–Crippen LogP) is 3.44. The number of hydrogen-bond donors (Lipinski definition) is 2. The van der Waals surface area contributed by atoms with Gasteiger partial charge in [0.2, 0.25) is 5.91 Å². The van der Waals surface area contributed by atoms with Crippen LogP contribution in [0.15, 0.2) is 33.6 Å². The Bertz CT molecular complexity index is 458. The van der Waals surface area contributed by atoms with Gasteiger partial charge in [-0.2, -0.15) is 0 Å². The summed E-state index contributed by atoms with van der Waals surface area (Å²) < 4.78 is 1.08. The predicted molar refractivity (Wildman–Crippen MR) is 92.7 cm³/mol. The van der Waals surface area contributed by atoms with Crippen molar-refractivity contribution in [1.29, 1.82) is 0 Å². The van der Waals surface area contributed by atoms with Gasteiger partial charge in [-0.3, -0.25) is 4.79 Å². The summed E-state index contributed by atoms with van der Waals surface area (Å²) in [6.07, 6.45) is 2.86. The minimum absolute atomic E-state index is 0.166. The monoisotopic (exact) mass is 370 g/mol. The molecule has 1 aromatic rings. The van der Waals surface area contributed by atoms with Crippen LogP contribution in [-0.2, 0) is 4.79 Å². The van der Waals surface area contributed by atoms with E-state index in [1.54, 1.807) is 11.8 Å². The smallest absolute Gasteiger partial charge is 0.220 e. The first kappa shape index (κ1) is 16.8. The van der Waals surface area contributed by atoms with Gasteiger partial charge in [-0.15, -0.1) is 11.8 Å². The lowest BCUT2D eigenvalue weighted by Crippen LogP contribution is -2.42. The van der Waals surface area contributed by atoms with Crippen LogP contribution >= 0.6 is 27.7 Å². The molecule has 0 radical (unpaired) electrons. The summed E-state index contributed by atoms with van der Waals surface area (Å²) in [5.74, 6) is 0.991. The third-order valence-electron chi connectivity index (χ3n) is 3.93. The number of hydrogen-bond acceptors (Lipinski definition) is 3. The van der Waals surface area contributed by atoms with Crippen molar-refractivity contribution in [2.75, 3.05) is 25.4 Å². The Hall–Kier alpha value is -0.520. The molecule has 3 nitrogen and oxygen atoms in total. The van der Waals surface area contributed by atoms with Crippen molar-refractivity contribution >= 4 is 33.6 Å². The van der Waals surface area contributed by atoms with E-state index < -0.39 is 0 Å². The average Bonchev–Trinajstić information content (AvgIpc) is 2.48. The second-order valence-electron chi connectivity index (χ2n) is 5.89. The number of thioether (sulfide) groups is 1. The summed E-state index contributed by atoms with van der Waals surface area (Å²) >= 11 is 5.15. The maximum absolute atomic E-state index is 11.9. The number of piperidine rings is 1. The summed E-state index contributed by atoms with van der Waals surface area (Å²) in [5, 5.41) is 6.47. The van der Waals surface area contributed by atoms with Gasteiger partial charge >= 0.3 is 0 Å². The Morgan fingerprint density at radius 3 is 2.67 bits per heavy atom. The van der Waals surface area contributed by atoms with E-state index in [1.807, 2.05) is 12.1 Å². The minimum atomic E-state index is 0.166. The molecular weight excluding hydrogens is 348 g/mol. The summed E-state index contributed by atoms with van der Waals surface area (Å²) in [4.78, 5) is 13.1. The van der Waals surface area contributed by atoms with Crippen LogP contribution in [0.2, 0.25) is 0 Å². The molecule has 0 unspecified atom stereocenters. The van der Waals surface area contributed by atoms with E-state index in [0.29, 0.717) is 6.42 Å². The van der Waals surface area contributed by atoms with Gasteiger partial charge in [0, 0.05) is 28.1 Å². The highest BCUT2D eigenvalue weighted by molar-refractivity contribution is 9.10. The fourth-order valence-electron chi connectivity index (χ4n) is 2.40. The zero-order valence-electron chi connectivity index (χ0n) is 12.5. The number of amides is 1. The van der Waals surface area contributed by atoms with E-state index in [-0.39, 0.29) is 11.3 Å². The van der Waals surface area contributed by atoms with Crippen molar-refractivity contribution in [1.82, 2.24) is 10.6 Å². The largest absolute Gasteiger partial charge is 0.356 e. The highest BCUT2D eigenvalue weighted by atomic mass is 79.9. The molecule has 1 heterocycles. The Morgan fingerprint density at radius 2 is 2.00 bits per heavy atom. The van der Waals surface area contributed by atoms with E-state index in [4.69, 9.17) is 0 Å². The molecule has 21 heavy (non-hydrogen) atoms. The number of benzene rings is 1. The van der Waals surface area contributed by atoms with Crippen LogP contribution in [-0.4, -0.2) is 31.3 Å². The van der Waals surface area contributed by atoms with Crippen LogP contribution < -0.4 is 10.6 Å². The maximum Gasteiger partial charge on any atom is 0.220 e. The SMILES string of the molecule is CC1(CNC(=O)CCSc2ccc(Br)cc2)CCNCC1. The summed E-state index contributed by atoms with van der Waals surface area (Å²) in [6, 6.07) is 8.20. The standard InChI is InChI=1S/C16H23BrN2OS/c1-16(7-9-18-10-8-16)12-19-15(20)6-11-21-14-4-2-13(17)3-5-14/h2-5,18H,6-12H2,1H3,(H,19,20). The van der Waals surface area contributed by atoms with Crippen LogP contribution in [0.3, 0.4) is 0 Å². The molecule has 0 spiro atoms. The quantitative estimate of drug-likeness (QED) is 0.753. The van der Waals surface area contributed by atoms with Crippen molar-refractivity contribution in [3.63, 3.8) is 0 Å². The number of nitrogens with one attached hydrogen (secondary N) is 2. The van der Waals surface area contributed by atoms with Gasteiger partial charge in [0.05, 0.1) is 0 Å². The number of carbonyl (C=O) groups is 1. The lowest BCUT2D eigenvalue weighted by atomic mass is 9.81. The highest BCUT2D eigenvalue weighted by Crippen LogP contribution is 2.26. The van der Waals surface area contributed by atoms with Crippen LogP contribution in [0.1, 0.15) is 26.2 Å². The molecule has 0 aliphatic carbocycles. The van der Waals surface area contributed by atoms with Crippen LogP contribution in [0.5, 0.6) is 0 Å². The normalized spacial score (nSPS) is 17.4. The molecule has 1 fully saturated rings. The molecule has 0 bridgehead atoms. The molecule has 2 rings (SSSR count). The molecule has 0 atom stereocenters. The Labute approximate surface area is 139 Å². The molecule has 5 heteroatoms. The average molecular weight is 371 g/mol. The molecule has 0 aromatic heterocycles. The molecule has 1 saturated heterocycles. The summed E-state index contributed by atoms with van der Waals surface area (Å²) in [5.41, 5.74) is 0.264. The van der Waals surface area contributed by atoms with E-state index in [0.717, 1.165) is 42.7 Å². The van der Waals surface area contributed by atoms with Crippen molar-refractivity contribution in [3.05, 3.63) is 28.7 Å². The molecule has 1 amide bonds. The molecule has 0 saturated carbocycles. The number of rotatable bonds is 6. The first-order valence-electron chi connectivity index (χ1n) is 7.43. The lowest BCUT2D eigenvalue weighted by molar-refractivity contribution is -0.121. The van der Waals surface area contributed by atoms with Gasteiger partial charge in [0.15, 0.2) is 0 Å². The Balaban J connectivity index is 1.64. The van der Waals surface area contributed by atoms with E-state index in [9.17, 15) is 4.79 Å². The summed E-state index contributed by atoms with van der Waals surface area (Å²) in [7, 11) is 0. The summed E-state index contributed by atoms with van der Waals surface area (Å²) in [6.45, 7) is 5.19. The highest BCUT2D eigenvalue weighted by Gasteiger charge is 2.26. The second-order valence-corrected chi connectivity index (χ2v) is 7.97. The first-order valence-corrected chi connectivity index (χ1v) is 9.21. The minimum Gasteiger partial charge on any atom is -0.356 e. The first-order chi connectivity index (χ1) is 10.1. The molecule has 2 N–H and O–H groups in total. The lowest BCUT2D eigenvalue weighted by Gasteiger charge is -2.34. The molecule has 1 aliphatic heterocycles. The topological polar surface area (TPSA) is 41.1 Å². The molecule has 116 valence electrons. The third kappa shape index (κ3) is 6.01.